The Morgan fingerprint density at radius 3 is 2.94 bits per heavy atom. The third-order valence-corrected chi connectivity index (χ3v) is 4.16. The molecule has 0 atom stereocenters. The summed E-state index contributed by atoms with van der Waals surface area (Å²) in [6.07, 6.45) is 7.15. The van der Waals surface area contributed by atoms with Crippen molar-refractivity contribution < 1.29 is 0 Å². The molecular weight excluding hydrogens is 228 g/mol. The van der Waals surface area contributed by atoms with E-state index in [1.165, 1.54) is 28.5 Å². The average molecular weight is 242 g/mol. The minimum atomic E-state index is 0.156. The van der Waals surface area contributed by atoms with Crippen molar-refractivity contribution in [3.63, 3.8) is 0 Å². The Morgan fingerprint density at radius 2 is 2.24 bits per heavy atom. The number of amidine groups is 1. The van der Waals surface area contributed by atoms with Crippen molar-refractivity contribution in [3.8, 4) is 0 Å². The summed E-state index contributed by atoms with van der Waals surface area (Å²) in [5.74, 6) is 0.944. The lowest BCUT2D eigenvalue weighted by Crippen LogP contribution is -2.08. The third-order valence-electron chi connectivity index (χ3n) is 3.03. The molecule has 0 spiro atoms. The average Bonchev–Trinajstić information content (AvgIpc) is 3.02. The van der Waals surface area contributed by atoms with E-state index in [1.807, 2.05) is 6.07 Å². The van der Waals surface area contributed by atoms with Crippen molar-refractivity contribution in [1.29, 1.82) is 5.41 Å². The van der Waals surface area contributed by atoms with Gasteiger partial charge in [0, 0.05) is 10.1 Å². The van der Waals surface area contributed by atoms with E-state index in [-0.39, 0.29) is 5.84 Å². The Balaban J connectivity index is 2.07. The Labute approximate surface area is 104 Å². The molecule has 17 heavy (non-hydrogen) atoms. The van der Waals surface area contributed by atoms with Gasteiger partial charge >= 0.3 is 0 Å². The minimum Gasteiger partial charge on any atom is -0.383 e. The molecule has 86 valence electrons. The number of nitrogens with one attached hydrogen (secondary N) is 1. The van der Waals surface area contributed by atoms with E-state index in [1.54, 1.807) is 11.3 Å². The molecule has 1 aromatic carbocycles. The monoisotopic (exact) mass is 242 g/mol. The first-order valence-corrected chi connectivity index (χ1v) is 6.61. The third kappa shape index (κ3) is 2.11. The van der Waals surface area contributed by atoms with E-state index < -0.39 is 0 Å². The van der Waals surface area contributed by atoms with Crippen LogP contribution in [0.1, 0.15) is 23.3 Å². The van der Waals surface area contributed by atoms with Gasteiger partial charge in [0.2, 0.25) is 0 Å². The summed E-state index contributed by atoms with van der Waals surface area (Å²) in [4.78, 5) is 0.854. The fourth-order valence-corrected chi connectivity index (χ4v) is 2.85. The van der Waals surface area contributed by atoms with Crippen LogP contribution in [0, 0.1) is 11.3 Å². The highest BCUT2D eigenvalue weighted by Crippen LogP contribution is 2.33. The summed E-state index contributed by atoms with van der Waals surface area (Å²) >= 11 is 1.59. The van der Waals surface area contributed by atoms with Crippen LogP contribution in [0.4, 0.5) is 0 Å². The molecule has 0 aliphatic heterocycles. The molecule has 3 heteroatoms. The molecule has 1 fully saturated rings. The van der Waals surface area contributed by atoms with E-state index in [4.69, 9.17) is 11.1 Å². The summed E-state index contributed by atoms with van der Waals surface area (Å²) in [5.41, 5.74) is 6.77. The highest BCUT2D eigenvalue weighted by molar-refractivity contribution is 7.20. The maximum Gasteiger partial charge on any atom is 0.133 e. The Kier molecular flexibility index (Phi) is 2.48. The fourth-order valence-electron chi connectivity index (χ4n) is 1.89. The molecule has 3 N–H and O–H groups in total. The topological polar surface area (TPSA) is 49.9 Å². The molecule has 0 radical (unpaired) electrons. The molecule has 1 aliphatic rings. The predicted molar refractivity (Wildman–Crippen MR) is 74.6 cm³/mol. The SMILES string of the molecule is N=C(N)c1cc2c(C=CC3CC3)cccc2s1. The Morgan fingerprint density at radius 1 is 1.41 bits per heavy atom. The van der Waals surface area contributed by atoms with Gasteiger partial charge in [-0.2, -0.15) is 0 Å². The maximum absolute atomic E-state index is 7.49. The fraction of sp³-hybridized carbons (Fsp3) is 0.214. The van der Waals surface area contributed by atoms with E-state index in [0.29, 0.717) is 0 Å². The van der Waals surface area contributed by atoms with Gasteiger partial charge in [0.15, 0.2) is 0 Å². The van der Waals surface area contributed by atoms with E-state index in [2.05, 4.69) is 30.4 Å². The molecule has 0 unspecified atom stereocenters. The predicted octanol–water partition coefficient (Wildman–Crippen LogP) is 3.61. The summed E-state index contributed by atoms with van der Waals surface area (Å²) < 4.78 is 1.20. The molecule has 1 heterocycles. The highest BCUT2D eigenvalue weighted by atomic mass is 32.1. The first-order valence-electron chi connectivity index (χ1n) is 5.79. The number of nitrogens with two attached hydrogens (primary N) is 1. The standard InChI is InChI=1S/C14H14N2S/c15-14(16)13-8-11-10(7-6-9-4-5-9)2-1-3-12(11)17-13/h1-3,6-9H,4-5H2,(H3,15,16). The van der Waals surface area contributed by atoms with Crippen LogP contribution in [0.5, 0.6) is 0 Å². The molecule has 0 bridgehead atoms. The number of rotatable bonds is 3. The zero-order valence-electron chi connectivity index (χ0n) is 9.44. The lowest BCUT2D eigenvalue weighted by atomic mass is 10.1. The van der Waals surface area contributed by atoms with E-state index in [0.717, 1.165) is 10.8 Å². The van der Waals surface area contributed by atoms with Crippen molar-refractivity contribution in [3.05, 3.63) is 40.8 Å². The lowest BCUT2D eigenvalue weighted by molar-refractivity contribution is 1.13. The summed E-state index contributed by atoms with van der Waals surface area (Å²) in [6, 6.07) is 8.29. The lowest BCUT2D eigenvalue weighted by Gasteiger charge is -1.95. The summed E-state index contributed by atoms with van der Waals surface area (Å²) in [6.45, 7) is 0. The van der Waals surface area contributed by atoms with Crippen LogP contribution in [0.3, 0.4) is 0 Å². The van der Waals surface area contributed by atoms with Gasteiger partial charge in [0.1, 0.15) is 5.84 Å². The van der Waals surface area contributed by atoms with Crippen molar-refractivity contribution in [1.82, 2.24) is 0 Å². The second-order valence-electron chi connectivity index (χ2n) is 4.48. The van der Waals surface area contributed by atoms with Gasteiger partial charge in [0.05, 0.1) is 4.88 Å². The molecule has 0 saturated heterocycles. The largest absolute Gasteiger partial charge is 0.383 e. The zero-order valence-corrected chi connectivity index (χ0v) is 10.3. The minimum absolute atomic E-state index is 0.156. The normalized spacial score (nSPS) is 15.8. The van der Waals surface area contributed by atoms with Gasteiger partial charge in [-0.25, -0.2) is 0 Å². The number of hydrogen-bond donors (Lipinski definition) is 2. The summed E-state index contributed by atoms with van der Waals surface area (Å²) in [5, 5.41) is 8.70. The summed E-state index contributed by atoms with van der Waals surface area (Å²) in [7, 11) is 0. The van der Waals surface area contributed by atoms with Gasteiger partial charge < -0.3 is 5.73 Å². The van der Waals surface area contributed by atoms with E-state index >= 15 is 0 Å². The van der Waals surface area contributed by atoms with Crippen molar-refractivity contribution in [2.45, 2.75) is 12.8 Å². The number of thiophene rings is 1. The van der Waals surface area contributed by atoms with Crippen LogP contribution in [0.25, 0.3) is 16.2 Å². The second kappa shape index (κ2) is 4.00. The number of allylic oxidation sites excluding steroid dienone is 1. The zero-order chi connectivity index (χ0) is 11.8. The number of nitrogen functional groups attached to an aromatic ring is 1. The number of hydrogen-bond acceptors (Lipinski definition) is 2. The molecule has 1 aromatic heterocycles. The Hall–Kier alpha value is -1.61. The van der Waals surface area contributed by atoms with Crippen molar-refractivity contribution >= 4 is 33.3 Å². The smallest absolute Gasteiger partial charge is 0.133 e. The van der Waals surface area contributed by atoms with Crippen LogP contribution in [-0.4, -0.2) is 5.84 Å². The van der Waals surface area contributed by atoms with Gasteiger partial charge in [-0.05, 0) is 36.5 Å². The quantitative estimate of drug-likeness (QED) is 0.627. The van der Waals surface area contributed by atoms with Crippen LogP contribution in [-0.2, 0) is 0 Å². The van der Waals surface area contributed by atoms with Crippen LogP contribution in [0.2, 0.25) is 0 Å². The molecule has 0 amide bonds. The van der Waals surface area contributed by atoms with Crippen LogP contribution in [0.15, 0.2) is 30.3 Å². The molecule has 1 aliphatic carbocycles. The van der Waals surface area contributed by atoms with Gasteiger partial charge in [-0.1, -0.05) is 24.3 Å². The first-order chi connectivity index (χ1) is 8.24. The van der Waals surface area contributed by atoms with E-state index in [9.17, 15) is 0 Å². The van der Waals surface area contributed by atoms with Crippen molar-refractivity contribution in [2.24, 2.45) is 11.7 Å². The van der Waals surface area contributed by atoms with Gasteiger partial charge in [0.25, 0.3) is 0 Å². The highest BCUT2D eigenvalue weighted by Gasteiger charge is 2.17. The second-order valence-corrected chi connectivity index (χ2v) is 5.56. The molecular formula is C14H14N2S. The van der Waals surface area contributed by atoms with Gasteiger partial charge in [-0.15, -0.1) is 11.3 Å². The first kappa shape index (κ1) is 10.5. The molecule has 2 nitrogen and oxygen atoms in total. The molecule has 1 saturated carbocycles. The van der Waals surface area contributed by atoms with Crippen LogP contribution >= 0.6 is 11.3 Å². The van der Waals surface area contributed by atoms with Crippen LogP contribution < -0.4 is 5.73 Å². The molecule has 2 aromatic rings. The van der Waals surface area contributed by atoms with Gasteiger partial charge in [-0.3, -0.25) is 5.41 Å². The molecule has 3 rings (SSSR count). The maximum atomic E-state index is 7.49. The van der Waals surface area contributed by atoms with Crippen molar-refractivity contribution in [2.75, 3.05) is 0 Å². The number of fused-ring (bicyclic) bond motifs is 1. The Bertz CT molecular complexity index is 606. The number of benzene rings is 1.